The van der Waals surface area contributed by atoms with E-state index in [0.717, 1.165) is 17.4 Å². The van der Waals surface area contributed by atoms with E-state index in [4.69, 9.17) is 4.84 Å². The summed E-state index contributed by atoms with van der Waals surface area (Å²) in [5.41, 5.74) is 3.08. The van der Waals surface area contributed by atoms with Crippen LogP contribution in [0, 0.1) is 5.92 Å². The van der Waals surface area contributed by atoms with Crippen LogP contribution in [0.25, 0.3) is 0 Å². The van der Waals surface area contributed by atoms with E-state index >= 15 is 0 Å². The molecule has 0 fully saturated rings. The molecule has 0 saturated carbocycles. The molecule has 1 heterocycles. The molecule has 0 saturated heterocycles. The zero-order valence-electron chi connectivity index (χ0n) is 10.5. The Bertz CT molecular complexity index is 375. The zero-order chi connectivity index (χ0) is 12.8. The predicted molar refractivity (Wildman–Crippen MR) is 70.7 cm³/mol. The van der Waals surface area contributed by atoms with Gasteiger partial charge in [0.1, 0.15) is 5.69 Å². The van der Waals surface area contributed by atoms with Gasteiger partial charge in [0.15, 0.2) is 0 Å². The van der Waals surface area contributed by atoms with Crippen molar-refractivity contribution in [3.63, 3.8) is 0 Å². The maximum atomic E-state index is 11.9. The number of aryl methyl sites for hydroxylation is 1. The molecule has 17 heavy (non-hydrogen) atoms. The first kappa shape index (κ1) is 14.3. The number of nitrogens with zero attached hydrogens (tertiary/aromatic N) is 1. The Morgan fingerprint density at radius 1 is 1.59 bits per heavy atom. The molecule has 0 unspecified atom stereocenters. The van der Waals surface area contributed by atoms with Crippen LogP contribution >= 0.6 is 15.9 Å². The third-order valence-corrected chi connectivity index (χ3v) is 2.58. The number of hydrogen-bond donors (Lipinski definition) is 1. The van der Waals surface area contributed by atoms with Crippen molar-refractivity contribution in [2.45, 2.75) is 33.7 Å². The first-order chi connectivity index (χ1) is 8.04. The predicted octanol–water partition coefficient (Wildman–Crippen LogP) is 2.98. The molecule has 0 aliphatic heterocycles. The highest BCUT2D eigenvalue weighted by Gasteiger charge is 2.12. The molecule has 0 atom stereocenters. The number of amides is 1. The fourth-order valence-corrected chi connectivity index (χ4v) is 1.88. The molecular weight excluding hydrogens is 284 g/mol. The molecule has 0 aromatic carbocycles. The number of carbonyl (C=O) groups excluding carboxylic acids is 1. The van der Waals surface area contributed by atoms with Crippen LogP contribution in [-0.2, 0) is 11.4 Å². The average Bonchev–Trinajstić information content (AvgIpc) is 2.59. The molecule has 1 amide bonds. The first-order valence-electron chi connectivity index (χ1n) is 5.82. The number of carbonyl (C=O) groups is 1. The fourth-order valence-electron chi connectivity index (χ4n) is 1.42. The van der Waals surface area contributed by atoms with Gasteiger partial charge in [0.25, 0.3) is 5.91 Å². The van der Waals surface area contributed by atoms with Crippen LogP contribution in [0.3, 0.4) is 0 Å². The van der Waals surface area contributed by atoms with Gasteiger partial charge in [0.05, 0.1) is 6.61 Å². The third kappa shape index (κ3) is 4.52. The Morgan fingerprint density at radius 3 is 2.88 bits per heavy atom. The number of halogens is 1. The summed E-state index contributed by atoms with van der Waals surface area (Å²) in [5.74, 6) is 0.189. The van der Waals surface area contributed by atoms with E-state index in [-0.39, 0.29) is 5.91 Å². The van der Waals surface area contributed by atoms with Gasteiger partial charge in [-0.2, -0.15) is 0 Å². The molecule has 96 valence electrons. The number of rotatable bonds is 6. The van der Waals surface area contributed by atoms with E-state index in [2.05, 4.69) is 28.3 Å². The Hall–Kier alpha value is -0.810. The number of hydroxylamine groups is 1. The summed E-state index contributed by atoms with van der Waals surface area (Å²) < 4.78 is 2.82. The molecule has 1 rings (SSSR count). The lowest BCUT2D eigenvalue weighted by atomic mass is 10.2. The second-order valence-corrected chi connectivity index (χ2v) is 5.29. The van der Waals surface area contributed by atoms with Gasteiger partial charge in [0, 0.05) is 17.2 Å². The lowest BCUT2D eigenvalue weighted by Gasteiger charge is -2.09. The number of nitrogens with one attached hydrogen (secondary N) is 1. The lowest BCUT2D eigenvalue weighted by molar-refractivity contribution is 0.0201. The van der Waals surface area contributed by atoms with Crippen molar-refractivity contribution in [1.29, 1.82) is 0 Å². The summed E-state index contributed by atoms with van der Waals surface area (Å²) in [7, 11) is 0. The molecule has 0 spiro atoms. The van der Waals surface area contributed by atoms with Crippen molar-refractivity contribution in [1.82, 2.24) is 10.0 Å². The highest BCUT2D eigenvalue weighted by atomic mass is 79.9. The second-order valence-electron chi connectivity index (χ2n) is 4.37. The summed E-state index contributed by atoms with van der Waals surface area (Å²) in [6.45, 7) is 7.47. The SMILES string of the molecule is CCCn1cc(Br)cc1C(=O)NOCC(C)C. The molecule has 0 aliphatic carbocycles. The summed E-state index contributed by atoms with van der Waals surface area (Å²) in [5, 5.41) is 0. The lowest BCUT2D eigenvalue weighted by Crippen LogP contribution is -2.27. The summed E-state index contributed by atoms with van der Waals surface area (Å²) in [6, 6.07) is 1.80. The van der Waals surface area contributed by atoms with E-state index in [9.17, 15) is 4.79 Å². The molecule has 1 aromatic rings. The Labute approximate surface area is 110 Å². The standard InChI is InChI=1S/C12H19BrN2O2/c1-4-5-15-7-10(13)6-11(15)12(16)14-17-8-9(2)3/h6-7,9H,4-5,8H2,1-3H3,(H,14,16). The summed E-state index contributed by atoms with van der Waals surface area (Å²) >= 11 is 3.37. The van der Waals surface area contributed by atoms with Crippen LogP contribution in [0.1, 0.15) is 37.7 Å². The molecule has 0 bridgehead atoms. The van der Waals surface area contributed by atoms with Crippen molar-refractivity contribution >= 4 is 21.8 Å². The van der Waals surface area contributed by atoms with Gasteiger partial charge < -0.3 is 4.57 Å². The number of hydrogen-bond acceptors (Lipinski definition) is 2. The summed E-state index contributed by atoms with van der Waals surface area (Å²) in [6.07, 6.45) is 2.88. The Kier molecular flexibility index (Phi) is 5.71. The van der Waals surface area contributed by atoms with Gasteiger partial charge >= 0.3 is 0 Å². The molecule has 5 heteroatoms. The van der Waals surface area contributed by atoms with Crippen molar-refractivity contribution in [2.75, 3.05) is 6.61 Å². The van der Waals surface area contributed by atoms with Crippen LogP contribution in [0.15, 0.2) is 16.7 Å². The Balaban J connectivity index is 2.61. The van der Waals surface area contributed by atoms with Crippen LogP contribution in [-0.4, -0.2) is 17.1 Å². The number of aromatic nitrogens is 1. The molecule has 0 radical (unpaired) electrons. The zero-order valence-corrected chi connectivity index (χ0v) is 12.1. The van der Waals surface area contributed by atoms with Crippen molar-refractivity contribution in [2.24, 2.45) is 5.92 Å². The van der Waals surface area contributed by atoms with Gasteiger partial charge in [-0.3, -0.25) is 9.63 Å². The first-order valence-corrected chi connectivity index (χ1v) is 6.61. The van der Waals surface area contributed by atoms with Crippen LogP contribution in [0.4, 0.5) is 0 Å². The minimum atomic E-state index is -0.204. The monoisotopic (exact) mass is 302 g/mol. The van der Waals surface area contributed by atoms with Gasteiger partial charge in [-0.15, -0.1) is 0 Å². The highest BCUT2D eigenvalue weighted by Crippen LogP contribution is 2.15. The van der Waals surface area contributed by atoms with E-state index in [0.29, 0.717) is 18.2 Å². The fraction of sp³-hybridized carbons (Fsp3) is 0.583. The van der Waals surface area contributed by atoms with E-state index in [1.807, 2.05) is 24.6 Å². The van der Waals surface area contributed by atoms with Crippen LogP contribution in [0.5, 0.6) is 0 Å². The molecule has 1 aromatic heterocycles. The van der Waals surface area contributed by atoms with Crippen LogP contribution < -0.4 is 5.48 Å². The van der Waals surface area contributed by atoms with Crippen LogP contribution in [0.2, 0.25) is 0 Å². The van der Waals surface area contributed by atoms with Crippen molar-refractivity contribution in [3.05, 3.63) is 22.4 Å². The smallest absolute Gasteiger partial charge is 0.291 e. The normalized spacial score (nSPS) is 10.9. The topological polar surface area (TPSA) is 43.3 Å². The Morgan fingerprint density at radius 2 is 2.29 bits per heavy atom. The van der Waals surface area contributed by atoms with E-state index in [1.54, 1.807) is 6.07 Å². The van der Waals surface area contributed by atoms with E-state index in [1.165, 1.54) is 0 Å². The minimum absolute atomic E-state index is 0.204. The molecule has 0 aliphatic rings. The van der Waals surface area contributed by atoms with Gasteiger partial charge in [0.2, 0.25) is 0 Å². The summed E-state index contributed by atoms with van der Waals surface area (Å²) in [4.78, 5) is 17.0. The maximum Gasteiger partial charge on any atom is 0.291 e. The molecule has 1 N–H and O–H groups in total. The van der Waals surface area contributed by atoms with Crippen molar-refractivity contribution in [3.8, 4) is 0 Å². The molecular formula is C12H19BrN2O2. The van der Waals surface area contributed by atoms with Crippen molar-refractivity contribution < 1.29 is 9.63 Å². The third-order valence-electron chi connectivity index (χ3n) is 2.14. The average molecular weight is 303 g/mol. The highest BCUT2D eigenvalue weighted by molar-refractivity contribution is 9.10. The largest absolute Gasteiger partial charge is 0.342 e. The van der Waals surface area contributed by atoms with Gasteiger partial charge in [-0.05, 0) is 34.3 Å². The quantitative estimate of drug-likeness (QED) is 0.821. The van der Waals surface area contributed by atoms with E-state index < -0.39 is 0 Å². The van der Waals surface area contributed by atoms with Gasteiger partial charge in [-0.1, -0.05) is 20.8 Å². The molecule has 4 nitrogen and oxygen atoms in total. The second kappa shape index (κ2) is 6.81. The van der Waals surface area contributed by atoms with Gasteiger partial charge in [-0.25, -0.2) is 5.48 Å². The minimum Gasteiger partial charge on any atom is -0.342 e. The maximum absolute atomic E-state index is 11.9.